The Morgan fingerprint density at radius 2 is 1.72 bits per heavy atom. The van der Waals surface area contributed by atoms with Gasteiger partial charge in [-0.2, -0.15) is 0 Å². The lowest BCUT2D eigenvalue weighted by atomic mass is 9.53. The first-order valence-corrected chi connectivity index (χ1v) is 6.50. The molecule has 0 aromatic carbocycles. The summed E-state index contributed by atoms with van der Waals surface area (Å²) in [7, 11) is 3.40. The van der Waals surface area contributed by atoms with E-state index >= 15 is 0 Å². The zero-order valence-corrected chi connectivity index (χ0v) is 13.0. The van der Waals surface area contributed by atoms with Crippen molar-refractivity contribution in [3.8, 4) is 0 Å². The molecule has 1 atom stereocenters. The Kier molecular flexibility index (Phi) is 5.36. The summed E-state index contributed by atoms with van der Waals surface area (Å²) in [6.07, 6.45) is 0.184. The number of amides is 1. The molecule has 0 aliphatic rings. The molecule has 2 N–H and O–H groups in total. The number of nitrogens with one attached hydrogen (secondary N) is 1. The van der Waals surface area contributed by atoms with Crippen LogP contribution in [0.2, 0.25) is 0 Å². The molecule has 0 aromatic heterocycles. The minimum Gasteiger partial charge on any atom is -0.444 e. The predicted molar refractivity (Wildman–Crippen MR) is 79.3 cm³/mol. The molecule has 18 heavy (non-hydrogen) atoms. The van der Waals surface area contributed by atoms with E-state index in [4.69, 9.17) is 4.74 Å². The molecule has 1 amide bonds. The van der Waals surface area contributed by atoms with E-state index in [0.29, 0.717) is 12.3 Å². The minimum atomic E-state index is -1.02. The molecule has 0 saturated carbocycles. The van der Waals surface area contributed by atoms with E-state index in [1.807, 2.05) is 27.7 Å². The highest BCUT2D eigenvalue weighted by Crippen LogP contribution is 2.25. The SMILES string of the molecule is BC(B)(O)C(C)(CC(C)C)NC(=O)OC(C)(C)C. The number of hydrogen-bond acceptors (Lipinski definition) is 3. The van der Waals surface area contributed by atoms with Crippen molar-refractivity contribution in [1.29, 1.82) is 0 Å². The Morgan fingerprint density at radius 1 is 1.28 bits per heavy atom. The fraction of sp³-hybridized carbons (Fsp3) is 0.917. The Balaban J connectivity index is 4.87. The van der Waals surface area contributed by atoms with Crippen LogP contribution in [0.4, 0.5) is 4.79 Å². The van der Waals surface area contributed by atoms with E-state index in [9.17, 15) is 9.90 Å². The zero-order valence-electron chi connectivity index (χ0n) is 13.0. The van der Waals surface area contributed by atoms with Crippen molar-refractivity contribution in [2.45, 2.75) is 64.5 Å². The number of carbonyl (C=O) groups excluding carboxylic acids is 1. The largest absolute Gasteiger partial charge is 0.444 e. The number of carbonyl (C=O) groups is 1. The van der Waals surface area contributed by atoms with Crippen LogP contribution >= 0.6 is 0 Å². The Hall–Kier alpha value is -0.640. The number of aliphatic hydroxyl groups is 1. The second-order valence-electron chi connectivity index (χ2n) is 7.12. The first kappa shape index (κ1) is 17.4. The fourth-order valence-electron chi connectivity index (χ4n) is 1.80. The number of alkyl carbamates (subject to hydrolysis) is 1. The van der Waals surface area contributed by atoms with Gasteiger partial charge in [0, 0.05) is 5.40 Å². The molecule has 4 nitrogen and oxygen atoms in total. The minimum absolute atomic E-state index is 0.358. The third-order valence-electron chi connectivity index (χ3n) is 2.94. The lowest BCUT2D eigenvalue weighted by Crippen LogP contribution is -2.64. The molecule has 0 spiro atoms. The topological polar surface area (TPSA) is 58.6 Å². The molecular formula is C12H27B2NO3. The Morgan fingerprint density at radius 3 is 2.00 bits per heavy atom. The predicted octanol–water partition coefficient (Wildman–Crippen LogP) is 0.228. The highest BCUT2D eigenvalue weighted by molar-refractivity contribution is 6.40. The van der Waals surface area contributed by atoms with Gasteiger partial charge in [0.05, 0.1) is 5.54 Å². The standard InChI is InChI=1S/C12H27B2NO3/c1-8(2)7-11(6,12(13,14)17)15-9(16)18-10(3,4)5/h8,17H,7,13-14H2,1-6H3,(H,15,16). The van der Waals surface area contributed by atoms with Crippen molar-refractivity contribution in [3.63, 3.8) is 0 Å². The van der Waals surface area contributed by atoms with Gasteiger partial charge in [0.25, 0.3) is 0 Å². The van der Waals surface area contributed by atoms with Crippen molar-refractivity contribution in [3.05, 3.63) is 0 Å². The summed E-state index contributed by atoms with van der Waals surface area (Å²) in [4.78, 5) is 11.9. The maximum Gasteiger partial charge on any atom is 0.408 e. The lowest BCUT2D eigenvalue weighted by Gasteiger charge is -2.43. The van der Waals surface area contributed by atoms with Crippen molar-refractivity contribution in [2.24, 2.45) is 5.92 Å². The molecule has 0 rings (SSSR count). The van der Waals surface area contributed by atoms with Crippen LogP contribution < -0.4 is 5.32 Å². The summed E-state index contributed by atoms with van der Waals surface area (Å²) >= 11 is 0. The molecule has 0 heterocycles. The molecule has 1 unspecified atom stereocenters. The van der Waals surface area contributed by atoms with E-state index in [0.717, 1.165) is 0 Å². The smallest absolute Gasteiger partial charge is 0.408 e. The summed E-state index contributed by atoms with van der Waals surface area (Å²) in [5.41, 5.74) is -1.26. The van der Waals surface area contributed by atoms with Crippen molar-refractivity contribution >= 4 is 21.8 Å². The second-order valence-corrected chi connectivity index (χ2v) is 7.12. The molecule has 104 valence electrons. The van der Waals surface area contributed by atoms with Gasteiger partial charge in [-0.05, 0) is 40.0 Å². The first-order valence-electron chi connectivity index (χ1n) is 6.50. The molecule has 0 aromatic rings. The zero-order chi connectivity index (χ0) is 14.8. The molecule has 0 aliphatic carbocycles. The van der Waals surface area contributed by atoms with Gasteiger partial charge in [-0.15, -0.1) is 0 Å². The van der Waals surface area contributed by atoms with E-state index in [1.165, 1.54) is 0 Å². The summed E-state index contributed by atoms with van der Waals surface area (Å²) in [5.74, 6) is 0.358. The van der Waals surface area contributed by atoms with Gasteiger partial charge in [0.15, 0.2) is 0 Å². The Labute approximate surface area is 113 Å². The van der Waals surface area contributed by atoms with Crippen molar-refractivity contribution < 1.29 is 14.6 Å². The van der Waals surface area contributed by atoms with Crippen LogP contribution in [-0.4, -0.2) is 43.4 Å². The van der Waals surface area contributed by atoms with Crippen LogP contribution in [0.3, 0.4) is 0 Å². The van der Waals surface area contributed by atoms with E-state index in [1.54, 1.807) is 15.7 Å². The summed E-state index contributed by atoms with van der Waals surface area (Å²) in [5, 5.41) is 12.1. The van der Waals surface area contributed by atoms with Gasteiger partial charge in [-0.3, -0.25) is 0 Å². The summed E-state index contributed by atoms with van der Waals surface area (Å²) in [6.45, 7) is 11.4. The fourth-order valence-corrected chi connectivity index (χ4v) is 1.80. The molecule has 0 aliphatic heterocycles. The van der Waals surface area contributed by atoms with Crippen molar-refractivity contribution in [2.75, 3.05) is 0 Å². The van der Waals surface area contributed by atoms with Crippen LogP contribution in [0, 0.1) is 5.92 Å². The van der Waals surface area contributed by atoms with Gasteiger partial charge >= 0.3 is 6.09 Å². The third-order valence-corrected chi connectivity index (χ3v) is 2.94. The number of ether oxygens (including phenoxy) is 1. The molecular weight excluding hydrogens is 228 g/mol. The molecule has 6 heteroatoms. The summed E-state index contributed by atoms with van der Waals surface area (Å²) < 4.78 is 5.25. The van der Waals surface area contributed by atoms with Gasteiger partial charge < -0.3 is 15.2 Å². The maximum absolute atomic E-state index is 11.9. The molecule has 0 bridgehead atoms. The van der Waals surface area contributed by atoms with Gasteiger partial charge in [-0.25, -0.2) is 4.79 Å². The molecule has 0 saturated heterocycles. The van der Waals surface area contributed by atoms with Gasteiger partial charge in [0.2, 0.25) is 0 Å². The second kappa shape index (κ2) is 5.55. The molecule has 0 radical (unpaired) electrons. The Bertz CT molecular complexity index is 295. The maximum atomic E-state index is 11.9. The van der Waals surface area contributed by atoms with Gasteiger partial charge in [0.1, 0.15) is 21.3 Å². The first-order chi connectivity index (χ1) is 7.77. The van der Waals surface area contributed by atoms with E-state index < -0.39 is 22.6 Å². The van der Waals surface area contributed by atoms with E-state index in [-0.39, 0.29) is 0 Å². The van der Waals surface area contributed by atoms with Crippen LogP contribution in [0.1, 0.15) is 48.0 Å². The van der Waals surface area contributed by atoms with Crippen LogP contribution in [0.25, 0.3) is 0 Å². The lowest BCUT2D eigenvalue weighted by molar-refractivity contribution is 0.0281. The summed E-state index contributed by atoms with van der Waals surface area (Å²) in [6, 6.07) is 0. The average molecular weight is 255 g/mol. The number of rotatable bonds is 4. The van der Waals surface area contributed by atoms with Crippen LogP contribution in [-0.2, 0) is 4.74 Å². The van der Waals surface area contributed by atoms with E-state index in [2.05, 4.69) is 19.2 Å². The average Bonchev–Trinajstić information content (AvgIpc) is 1.94. The van der Waals surface area contributed by atoms with Gasteiger partial charge in [-0.1, -0.05) is 13.8 Å². The van der Waals surface area contributed by atoms with Crippen LogP contribution in [0.15, 0.2) is 0 Å². The highest BCUT2D eigenvalue weighted by Gasteiger charge is 2.41. The highest BCUT2D eigenvalue weighted by atomic mass is 16.6. The monoisotopic (exact) mass is 255 g/mol. The normalized spacial score (nSPS) is 16.2. The van der Waals surface area contributed by atoms with Crippen molar-refractivity contribution in [1.82, 2.24) is 5.32 Å². The quantitative estimate of drug-likeness (QED) is 0.707. The number of hydrogen-bond donors (Lipinski definition) is 2. The third kappa shape index (κ3) is 5.80. The molecule has 0 fully saturated rings. The van der Waals surface area contributed by atoms with Crippen LogP contribution in [0.5, 0.6) is 0 Å².